The molecule has 2 aliphatic heterocycles. The van der Waals surface area contributed by atoms with Gasteiger partial charge in [-0.1, -0.05) is 12.1 Å². The van der Waals surface area contributed by atoms with E-state index in [0.29, 0.717) is 18.8 Å². The van der Waals surface area contributed by atoms with E-state index in [9.17, 15) is 9.90 Å². The molecule has 8 heteroatoms. The molecule has 4 heterocycles. The highest BCUT2D eigenvalue weighted by Crippen LogP contribution is 2.31. The van der Waals surface area contributed by atoms with Crippen LogP contribution in [0.5, 0.6) is 0 Å². The summed E-state index contributed by atoms with van der Waals surface area (Å²) < 4.78 is 1.95. The predicted octanol–water partition coefficient (Wildman–Crippen LogP) is 3.99. The summed E-state index contributed by atoms with van der Waals surface area (Å²) in [4.78, 5) is 23.3. The van der Waals surface area contributed by atoms with Gasteiger partial charge in [-0.2, -0.15) is 0 Å². The molecule has 8 nitrogen and oxygen atoms in total. The van der Waals surface area contributed by atoms with Crippen LogP contribution in [0, 0.1) is 0 Å². The number of benzene rings is 2. The second-order valence-electron chi connectivity index (χ2n) is 9.42. The van der Waals surface area contributed by atoms with E-state index < -0.39 is 5.60 Å². The molecule has 34 heavy (non-hydrogen) atoms. The van der Waals surface area contributed by atoms with E-state index in [-0.39, 0.29) is 5.91 Å². The first-order valence-electron chi connectivity index (χ1n) is 11.5. The number of fused-ring (bicyclic) bond motifs is 2. The van der Waals surface area contributed by atoms with Crippen molar-refractivity contribution in [1.82, 2.24) is 14.4 Å². The number of β-amino-alcohol motifs (C(OH)–C–C–N with tert-alkyl or cyclic N) is 1. The van der Waals surface area contributed by atoms with Crippen LogP contribution in [0.25, 0.3) is 16.9 Å². The zero-order chi connectivity index (χ0) is 23.3. The zero-order valence-electron chi connectivity index (χ0n) is 19.0. The zero-order valence-corrected chi connectivity index (χ0v) is 19.0. The molecule has 0 saturated carbocycles. The Hall–Kier alpha value is -3.91. The fourth-order valence-corrected chi connectivity index (χ4v) is 4.86. The summed E-state index contributed by atoms with van der Waals surface area (Å²) in [7, 11) is 0. The fourth-order valence-electron chi connectivity index (χ4n) is 4.86. The van der Waals surface area contributed by atoms with Gasteiger partial charge in [-0.15, -0.1) is 0 Å². The number of nitrogens with zero attached hydrogens (tertiary/aromatic N) is 4. The quantitative estimate of drug-likeness (QED) is 0.432. The van der Waals surface area contributed by atoms with Crippen LogP contribution < -0.4 is 15.5 Å². The number of imidazole rings is 1. The lowest BCUT2D eigenvalue weighted by molar-refractivity contribution is -0.115. The van der Waals surface area contributed by atoms with Crippen molar-refractivity contribution in [2.24, 2.45) is 0 Å². The molecule has 0 radical (unpaired) electrons. The van der Waals surface area contributed by atoms with E-state index in [4.69, 9.17) is 4.98 Å². The van der Waals surface area contributed by atoms with Gasteiger partial charge < -0.3 is 25.0 Å². The van der Waals surface area contributed by atoms with E-state index in [2.05, 4.69) is 32.7 Å². The van der Waals surface area contributed by atoms with E-state index in [0.717, 1.165) is 58.9 Å². The molecule has 2 aliphatic rings. The summed E-state index contributed by atoms with van der Waals surface area (Å²) in [5, 5.41) is 16.8. The molecular weight excluding hydrogens is 428 g/mol. The van der Waals surface area contributed by atoms with Crippen LogP contribution in [-0.2, 0) is 11.2 Å². The van der Waals surface area contributed by atoms with Gasteiger partial charge in [-0.05, 0) is 55.7 Å². The maximum atomic E-state index is 11.7. The van der Waals surface area contributed by atoms with E-state index in [1.165, 1.54) is 0 Å². The smallest absolute Gasteiger partial charge is 0.228 e. The summed E-state index contributed by atoms with van der Waals surface area (Å²) in [5.74, 6) is 0.671. The van der Waals surface area contributed by atoms with Crippen LogP contribution >= 0.6 is 0 Å². The molecule has 0 spiro atoms. The molecule has 1 atom stereocenters. The molecule has 4 aromatic rings. The van der Waals surface area contributed by atoms with Gasteiger partial charge in [-0.3, -0.25) is 4.79 Å². The summed E-state index contributed by atoms with van der Waals surface area (Å²) in [6, 6.07) is 14.1. The second-order valence-corrected chi connectivity index (χ2v) is 9.42. The van der Waals surface area contributed by atoms with Gasteiger partial charge in [0.15, 0.2) is 11.5 Å². The third kappa shape index (κ3) is 3.86. The number of hydrogen-bond acceptors (Lipinski definition) is 6. The van der Waals surface area contributed by atoms with Crippen LogP contribution in [0.4, 0.5) is 22.9 Å². The number of anilines is 4. The van der Waals surface area contributed by atoms with Crippen molar-refractivity contribution in [3.05, 3.63) is 66.6 Å². The first-order chi connectivity index (χ1) is 16.4. The molecule has 0 aliphatic carbocycles. The van der Waals surface area contributed by atoms with Crippen LogP contribution in [-0.4, -0.2) is 44.1 Å². The van der Waals surface area contributed by atoms with Crippen LogP contribution in [0.3, 0.4) is 0 Å². The third-order valence-corrected chi connectivity index (χ3v) is 6.57. The SMILES string of the molecule is C[C@]1(O)CCCN(c2ccc(Nc3nc(-c4ccc5c(c4)NC(=O)C5)cn4ccnc34)cc2)C1. The van der Waals surface area contributed by atoms with Gasteiger partial charge in [0, 0.05) is 54.3 Å². The fraction of sp³-hybridized carbons (Fsp3) is 0.269. The number of amides is 1. The molecule has 1 amide bonds. The normalized spacial score (nSPS) is 19.8. The Balaban J connectivity index is 1.29. The van der Waals surface area contributed by atoms with Crippen molar-refractivity contribution in [1.29, 1.82) is 0 Å². The lowest BCUT2D eigenvalue weighted by atomic mass is 9.95. The average molecular weight is 455 g/mol. The minimum absolute atomic E-state index is 0.0177. The van der Waals surface area contributed by atoms with Crippen molar-refractivity contribution in [2.75, 3.05) is 28.6 Å². The van der Waals surface area contributed by atoms with Gasteiger partial charge in [0.1, 0.15) is 0 Å². The molecule has 3 N–H and O–H groups in total. The van der Waals surface area contributed by atoms with Crippen LogP contribution in [0.2, 0.25) is 0 Å². The predicted molar refractivity (Wildman–Crippen MR) is 133 cm³/mol. The lowest BCUT2D eigenvalue weighted by Gasteiger charge is -2.38. The highest BCUT2D eigenvalue weighted by atomic mass is 16.3. The highest BCUT2D eigenvalue weighted by Gasteiger charge is 2.28. The number of aliphatic hydroxyl groups is 1. The maximum absolute atomic E-state index is 11.7. The Bertz CT molecular complexity index is 1390. The summed E-state index contributed by atoms with van der Waals surface area (Å²) >= 11 is 0. The van der Waals surface area contributed by atoms with Gasteiger partial charge in [-0.25, -0.2) is 9.97 Å². The number of nitrogens with one attached hydrogen (secondary N) is 2. The van der Waals surface area contributed by atoms with Crippen LogP contribution in [0.1, 0.15) is 25.3 Å². The van der Waals surface area contributed by atoms with Crippen molar-refractivity contribution >= 4 is 34.4 Å². The number of carbonyl (C=O) groups excluding carboxylic acids is 1. The minimum Gasteiger partial charge on any atom is -0.388 e. The molecule has 2 aromatic heterocycles. The molecule has 1 saturated heterocycles. The molecule has 0 unspecified atom stereocenters. The van der Waals surface area contributed by atoms with E-state index >= 15 is 0 Å². The largest absolute Gasteiger partial charge is 0.388 e. The Kier molecular flexibility index (Phi) is 4.77. The number of piperidine rings is 1. The van der Waals surface area contributed by atoms with Gasteiger partial charge in [0.2, 0.25) is 5.91 Å². The molecule has 172 valence electrons. The van der Waals surface area contributed by atoms with Gasteiger partial charge >= 0.3 is 0 Å². The Morgan fingerprint density at radius 1 is 1.18 bits per heavy atom. The Morgan fingerprint density at radius 3 is 2.85 bits per heavy atom. The summed E-state index contributed by atoms with van der Waals surface area (Å²) in [6.45, 7) is 3.49. The molecule has 0 bridgehead atoms. The van der Waals surface area contributed by atoms with Crippen molar-refractivity contribution in [2.45, 2.75) is 31.8 Å². The van der Waals surface area contributed by atoms with Crippen molar-refractivity contribution in [3.8, 4) is 11.3 Å². The number of aromatic nitrogens is 3. The summed E-state index contributed by atoms with van der Waals surface area (Å²) in [6.07, 6.45) is 7.82. The molecule has 6 rings (SSSR count). The summed E-state index contributed by atoms with van der Waals surface area (Å²) in [5.41, 5.74) is 5.64. The Morgan fingerprint density at radius 2 is 2.03 bits per heavy atom. The van der Waals surface area contributed by atoms with E-state index in [1.54, 1.807) is 6.20 Å². The first-order valence-corrected chi connectivity index (χ1v) is 11.5. The number of rotatable bonds is 4. The molecule has 2 aromatic carbocycles. The monoisotopic (exact) mass is 454 g/mol. The minimum atomic E-state index is -0.647. The third-order valence-electron chi connectivity index (χ3n) is 6.57. The molecular formula is C26H26N6O2. The lowest BCUT2D eigenvalue weighted by Crippen LogP contribution is -2.46. The highest BCUT2D eigenvalue weighted by molar-refractivity contribution is 5.99. The maximum Gasteiger partial charge on any atom is 0.228 e. The second kappa shape index (κ2) is 7.85. The number of hydrogen-bond donors (Lipinski definition) is 3. The van der Waals surface area contributed by atoms with Gasteiger partial charge in [0.25, 0.3) is 0 Å². The van der Waals surface area contributed by atoms with E-state index in [1.807, 2.05) is 54.0 Å². The van der Waals surface area contributed by atoms with Gasteiger partial charge in [0.05, 0.1) is 17.7 Å². The standard InChI is InChI=1S/C26H26N6O2/c1-26(34)9-2-11-32(16-26)20-7-5-19(6-8-20)28-24-25-27-10-12-31(25)15-22(30-24)17-3-4-18-14-23(33)29-21(18)13-17/h3-8,10,12-13,15,34H,2,9,11,14,16H2,1H3,(H,28,30)(H,29,33)/t26-/m0/s1. The number of carbonyl (C=O) groups is 1. The topological polar surface area (TPSA) is 94.8 Å². The van der Waals surface area contributed by atoms with Crippen molar-refractivity contribution < 1.29 is 9.90 Å². The van der Waals surface area contributed by atoms with Crippen molar-refractivity contribution in [3.63, 3.8) is 0 Å². The van der Waals surface area contributed by atoms with Crippen LogP contribution in [0.15, 0.2) is 61.1 Å². The first kappa shape index (κ1) is 20.7. The molecule has 1 fully saturated rings. The average Bonchev–Trinajstić information content (AvgIpc) is 3.44. The Labute approximate surface area is 197 Å².